The summed E-state index contributed by atoms with van der Waals surface area (Å²) in [6.45, 7) is -0.122. The highest BCUT2D eigenvalue weighted by Crippen LogP contribution is 1.97. The summed E-state index contributed by atoms with van der Waals surface area (Å²) in [5, 5.41) is 8.20. The van der Waals surface area contributed by atoms with Crippen molar-refractivity contribution in [1.82, 2.24) is 4.31 Å². The van der Waals surface area contributed by atoms with Crippen LogP contribution in [0.4, 0.5) is 0 Å². The van der Waals surface area contributed by atoms with Crippen molar-refractivity contribution < 1.29 is 16.8 Å². The van der Waals surface area contributed by atoms with Crippen LogP contribution >= 0.6 is 0 Å². The van der Waals surface area contributed by atoms with Crippen molar-refractivity contribution in [2.75, 3.05) is 31.4 Å². The van der Waals surface area contributed by atoms with Crippen molar-refractivity contribution in [2.24, 2.45) is 0 Å². The predicted octanol–water partition coefficient (Wildman–Crippen LogP) is -1.18. The Balaban J connectivity index is 4.39. The van der Waals surface area contributed by atoms with Gasteiger partial charge < -0.3 is 0 Å². The Morgan fingerprint density at radius 2 is 1.79 bits per heavy atom. The van der Waals surface area contributed by atoms with Gasteiger partial charge >= 0.3 is 0 Å². The van der Waals surface area contributed by atoms with E-state index in [1.165, 1.54) is 13.1 Å². The van der Waals surface area contributed by atoms with Gasteiger partial charge in [-0.3, -0.25) is 0 Å². The van der Waals surface area contributed by atoms with Crippen molar-refractivity contribution in [3.05, 3.63) is 0 Å². The zero-order chi connectivity index (χ0) is 11.4. The van der Waals surface area contributed by atoms with E-state index in [0.717, 1.165) is 10.6 Å². The van der Waals surface area contributed by atoms with Crippen molar-refractivity contribution in [3.63, 3.8) is 0 Å². The lowest BCUT2D eigenvalue weighted by molar-refractivity contribution is 0.488. The van der Waals surface area contributed by atoms with E-state index in [1.54, 1.807) is 0 Å². The first-order valence-corrected chi connectivity index (χ1v) is 7.35. The molecule has 0 saturated heterocycles. The lowest BCUT2D eigenvalue weighted by atomic mass is 10.8. The van der Waals surface area contributed by atoms with Gasteiger partial charge in [0.1, 0.15) is 9.84 Å². The molecule has 0 spiro atoms. The summed E-state index contributed by atoms with van der Waals surface area (Å²) in [6.07, 6.45) is 1.03. The summed E-state index contributed by atoms with van der Waals surface area (Å²) in [7, 11) is -5.56. The summed E-state index contributed by atoms with van der Waals surface area (Å²) in [5.74, 6) is -0.874. The van der Waals surface area contributed by atoms with Gasteiger partial charge in [0.05, 0.1) is 11.8 Å². The highest BCUT2D eigenvalue weighted by atomic mass is 32.2. The van der Waals surface area contributed by atoms with Gasteiger partial charge in [0.15, 0.2) is 5.75 Å². The number of hydrogen-bond donors (Lipinski definition) is 0. The van der Waals surface area contributed by atoms with Gasteiger partial charge in [0.25, 0.3) is 0 Å². The van der Waals surface area contributed by atoms with Crippen LogP contribution in [0.2, 0.25) is 0 Å². The molecule has 0 N–H and O–H groups in total. The fourth-order valence-corrected chi connectivity index (χ4v) is 2.10. The van der Waals surface area contributed by atoms with Gasteiger partial charge in [0.2, 0.25) is 10.0 Å². The second kappa shape index (κ2) is 4.72. The van der Waals surface area contributed by atoms with Gasteiger partial charge in [-0.05, 0) is 0 Å². The second-order valence-electron chi connectivity index (χ2n) is 2.87. The minimum atomic E-state index is -3.62. The molecule has 6 nitrogen and oxygen atoms in total. The van der Waals surface area contributed by atoms with Gasteiger partial charge in [-0.25, -0.2) is 21.1 Å². The third-order valence-electron chi connectivity index (χ3n) is 1.50. The normalized spacial score (nSPS) is 12.7. The van der Waals surface area contributed by atoms with E-state index >= 15 is 0 Å². The molecule has 0 unspecified atom stereocenters. The van der Waals surface area contributed by atoms with E-state index < -0.39 is 25.6 Å². The summed E-state index contributed by atoms with van der Waals surface area (Å²) in [5.41, 5.74) is 0. The molecule has 0 amide bonds. The quantitative estimate of drug-likeness (QED) is 0.602. The fourth-order valence-electron chi connectivity index (χ4n) is 0.625. The zero-order valence-corrected chi connectivity index (χ0v) is 9.60. The van der Waals surface area contributed by atoms with Crippen LogP contribution in [0.5, 0.6) is 0 Å². The number of rotatable bonds is 5. The molecular formula is C6H12N2O4S2. The third-order valence-corrected chi connectivity index (χ3v) is 4.05. The molecule has 0 aromatic carbocycles. The Hall–Kier alpha value is -0.650. The van der Waals surface area contributed by atoms with Crippen LogP contribution in [-0.4, -0.2) is 52.5 Å². The van der Waals surface area contributed by atoms with Gasteiger partial charge in [-0.15, -0.1) is 0 Å². The maximum absolute atomic E-state index is 11.2. The first-order chi connectivity index (χ1) is 6.19. The molecule has 0 aliphatic carbocycles. The topological polar surface area (TPSA) is 95.3 Å². The van der Waals surface area contributed by atoms with E-state index in [1.807, 2.05) is 0 Å². The average molecular weight is 240 g/mol. The van der Waals surface area contributed by atoms with Crippen LogP contribution in [0, 0.1) is 11.3 Å². The molecule has 0 radical (unpaired) electrons. The largest absolute Gasteiger partial charge is 0.229 e. The second-order valence-corrected chi connectivity index (χ2v) is 7.20. The lowest BCUT2D eigenvalue weighted by Crippen LogP contribution is -2.32. The molecule has 0 aliphatic rings. The number of hydrogen-bond acceptors (Lipinski definition) is 5. The number of sulfone groups is 1. The molecule has 0 fully saturated rings. The van der Waals surface area contributed by atoms with Crippen LogP contribution in [0.3, 0.4) is 0 Å². The lowest BCUT2D eigenvalue weighted by Gasteiger charge is -2.13. The summed E-state index contributed by atoms with van der Waals surface area (Å²) < 4.78 is 44.7. The average Bonchev–Trinajstić information content (AvgIpc) is 1.98. The van der Waals surface area contributed by atoms with E-state index in [9.17, 15) is 16.8 Å². The van der Waals surface area contributed by atoms with Crippen LogP contribution in [0.1, 0.15) is 0 Å². The first-order valence-electron chi connectivity index (χ1n) is 3.68. The number of sulfonamides is 1. The minimum absolute atomic E-state index is 0.122. The van der Waals surface area contributed by atoms with Crippen molar-refractivity contribution in [3.8, 4) is 6.07 Å². The first kappa shape index (κ1) is 13.4. The monoisotopic (exact) mass is 240 g/mol. The molecule has 0 atom stereocenters. The molecule has 0 aromatic rings. The maximum atomic E-state index is 11.2. The Labute approximate surface area is 84.1 Å². The Morgan fingerprint density at radius 3 is 2.14 bits per heavy atom. The van der Waals surface area contributed by atoms with Crippen molar-refractivity contribution >= 4 is 19.9 Å². The fraction of sp³-hybridized carbons (Fsp3) is 0.833. The highest BCUT2D eigenvalue weighted by molar-refractivity contribution is 7.91. The van der Waals surface area contributed by atoms with E-state index in [-0.39, 0.29) is 12.3 Å². The Bertz CT molecular complexity index is 417. The van der Waals surface area contributed by atoms with E-state index in [4.69, 9.17) is 5.26 Å². The van der Waals surface area contributed by atoms with Crippen LogP contribution < -0.4 is 0 Å². The molecule has 0 aromatic heterocycles. The van der Waals surface area contributed by atoms with Crippen LogP contribution in [0.15, 0.2) is 0 Å². The molecular weight excluding hydrogens is 228 g/mol. The number of nitriles is 1. The van der Waals surface area contributed by atoms with Gasteiger partial charge in [-0.1, -0.05) is 0 Å². The smallest absolute Gasteiger partial charge is 0.227 e. The molecule has 0 aliphatic heterocycles. The Kier molecular flexibility index (Phi) is 4.51. The third kappa shape index (κ3) is 5.16. The van der Waals surface area contributed by atoms with Crippen molar-refractivity contribution in [1.29, 1.82) is 5.26 Å². The molecule has 8 heteroatoms. The van der Waals surface area contributed by atoms with Crippen LogP contribution in [0.25, 0.3) is 0 Å². The van der Waals surface area contributed by atoms with Crippen LogP contribution in [-0.2, 0) is 19.9 Å². The number of nitrogens with zero attached hydrogens (tertiary/aromatic N) is 2. The molecule has 14 heavy (non-hydrogen) atoms. The maximum Gasteiger partial charge on any atom is 0.227 e. The van der Waals surface area contributed by atoms with Crippen molar-refractivity contribution in [2.45, 2.75) is 0 Å². The molecule has 0 rings (SSSR count). The predicted molar refractivity (Wildman–Crippen MR) is 51.7 cm³/mol. The van der Waals surface area contributed by atoms with Gasteiger partial charge in [0, 0.05) is 19.8 Å². The summed E-state index contributed by atoms with van der Waals surface area (Å²) in [4.78, 5) is 0. The molecule has 0 bridgehead atoms. The van der Waals surface area contributed by atoms with E-state index in [2.05, 4.69) is 0 Å². The van der Waals surface area contributed by atoms with E-state index in [0.29, 0.717) is 0 Å². The zero-order valence-electron chi connectivity index (χ0n) is 7.97. The summed E-state index contributed by atoms with van der Waals surface area (Å²) >= 11 is 0. The van der Waals surface area contributed by atoms with Gasteiger partial charge in [-0.2, -0.15) is 5.26 Å². The molecule has 0 heterocycles. The molecule has 0 saturated carbocycles. The SMILES string of the molecule is CN(CCS(C)(=O)=O)S(=O)(=O)CC#N. The standard InChI is InChI=1S/C6H12N2O4S2/c1-8(4-6-13(2,9)10)14(11,12)5-3-7/h4-6H2,1-2H3. The highest BCUT2D eigenvalue weighted by Gasteiger charge is 2.18. The minimum Gasteiger partial charge on any atom is -0.229 e. The summed E-state index contributed by atoms with van der Waals surface area (Å²) in [6, 6.07) is 1.51. The molecule has 82 valence electrons. The Morgan fingerprint density at radius 1 is 1.29 bits per heavy atom.